The van der Waals surface area contributed by atoms with Gasteiger partial charge in [-0.15, -0.1) is 0 Å². The van der Waals surface area contributed by atoms with E-state index in [0.29, 0.717) is 11.5 Å². The molecule has 1 aliphatic rings. The second-order valence-corrected chi connectivity index (χ2v) is 3.77. The van der Waals surface area contributed by atoms with Gasteiger partial charge in [-0.1, -0.05) is 13.0 Å². The van der Waals surface area contributed by atoms with Crippen LogP contribution in [-0.4, -0.2) is 23.9 Å². The molecule has 0 fully saturated rings. The Kier molecular flexibility index (Phi) is 2.70. The van der Waals surface area contributed by atoms with E-state index < -0.39 is 12.0 Å². The smallest absolute Gasteiger partial charge is 0.321 e. The van der Waals surface area contributed by atoms with Gasteiger partial charge in [-0.25, -0.2) is 0 Å². The quantitative estimate of drug-likeness (QED) is 0.796. The number of aliphatic carboxylic acids is 1. The van der Waals surface area contributed by atoms with Gasteiger partial charge in [0.05, 0.1) is 0 Å². The number of benzene rings is 1. The van der Waals surface area contributed by atoms with E-state index >= 15 is 0 Å². The van der Waals surface area contributed by atoms with E-state index in [1.54, 1.807) is 25.1 Å². The van der Waals surface area contributed by atoms with Gasteiger partial charge in [-0.05, 0) is 17.7 Å². The minimum absolute atomic E-state index is 0.206. The van der Waals surface area contributed by atoms with Crippen molar-refractivity contribution < 1.29 is 19.4 Å². The molecule has 1 heterocycles. The first-order valence-corrected chi connectivity index (χ1v) is 4.97. The molecule has 2 rings (SSSR count). The van der Waals surface area contributed by atoms with Crippen molar-refractivity contribution in [1.29, 1.82) is 0 Å². The van der Waals surface area contributed by atoms with Gasteiger partial charge >= 0.3 is 5.97 Å². The molecule has 86 valence electrons. The lowest BCUT2D eigenvalue weighted by atomic mass is 9.94. The first-order chi connectivity index (χ1) is 7.59. The van der Waals surface area contributed by atoms with Gasteiger partial charge < -0.3 is 20.3 Å². The highest BCUT2D eigenvalue weighted by molar-refractivity contribution is 5.74. The normalized spacial score (nSPS) is 16.9. The second-order valence-electron chi connectivity index (χ2n) is 3.77. The van der Waals surface area contributed by atoms with Gasteiger partial charge in [0.2, 0.25) is 6.79 Å². The van der Waals surface area contributed by atoms with Crippen molar-refractivity contribution in [3.63, 3.8) is 0 Å². The molecule has 2 atom stereocenters. The number of rotatable bonds is 3. The highest BCUT2D eigenvalue weighted by Crippen LogP contribution is 2.35. The number of fused-ring (bicyclic) bond motifs is 1. The molecule has 16 heavy (non-hydrogen) atoms. The maximum absolute atomic E-state index is 10.8. The van der Waals surface area contributed by atoms with Crippen LogP contribution in [0.5, 0.6) is 11.5 Å². The molecule has 0 radical (unpaired) electrons. The molecule has 0 spiro atoms. The summed E-state index contributed by atoms with van der Waals surface area (Å²) in [6, 6.07) is 4.43. The van der Waals surface area contributed by atoms with Crippen LogP contribution in [-0.2, 0) is 4.79 Å². The molecule has 5 heteroatoms. The minimum atomic E-state index is -1.01. The zero-order valence-corrected chi connectivity index (χ0v) is 8.84. The average molecular weight is 223 g/mol. The number of hydrogen-bond donors (Lipinski definition) is 2. The Hall–Kier alpha value is -1.75. The maximum Gasteiger partial charge on any atom is 0.321 e. The molecule has 2 unspecified atom stereocenters. The number of carboxylic acids is 1. The van der Waals surface area contributed by atoms with Crippen molar-refractivity contribution in [3.8, 4) is 11.5 Å². The van der Waals surface area contributed by atoms with Crippen LogP contribution in [0.4, 0.5) is 0 Å². The van der Waals surface area contributed by atoms with Crippen LogP contribution in [0.25, 0.3) is 0 Å². The lowest BCUT2D eigenvalue weighted by molar-refractivity contribution is -0.139. The fourth-order valence-corrected chi connectivity index (χ4v) is 1.62. The summed E-state index contributed by atoms with van der Waals surface area (Å²) in [6.07, 6.45) is 0. The summed E-state index contributed by atoms with van der Waals surface area (Å²) < 4.78 is 10.4. The van der Waals surface area contributed by atoms with Crippen molar-refractivity contribution in [1.82, 2.24) is 0 Å². The van der Waals surface area contributed by atoms with E-state index in [0.717, 1.165) is 5.56 Å². The summed E-state index contributed by atoms with van der Waals surface area (Å²) in [6.45, 7) is 1.98. The molecule has 0 bridgehead atoms. The molecule has 1 aromatic rings. The highest BCUT2D eigenvalue weighted by atomic mass is 16.7. The molecule has 1 aromatic carbocycles. The van der Waals surface area contributed by atoms with Crippen molar-refractivity contribution in [2.45, 2.75) is 18.9 Å². The third kappa shape index (κ3) is 1.81. The van der Waals surface area contributed by atoms with Crippen LogP contribution in [0.15, 0.2) is 18.2 Å². The second kappa shape index (κ2) is 4.02. The minimum Gasteiger partial charge on any atom is -0.480 e. The zero-order valence-electron chi connectivity index (χ0n) is 8.84. The van der Waals surface area contributed by atoms with Gasteiger partial charge in [-0.3, -0.25) is 4.79 Å². The fourth-order valence-electron chi connectivity index (χ4n) is 1.62. The van der Waals surface area contributed by atoms with Crippen LogP contribution in [0, 0.1) is 0 Å². The van der Waals surface area contributed by atoms with E-state index in [1.165, 1.54) is 0 Å². The summed E-state index contributed by atoms with van der Waals surface area (Å²) in [4.78, 5) is 10.8. The molecule has 3 N–H and O–H groups in total. The van der Waals surface area contributed by atoms with Gasteiger partial charge in [0.1, 0.15) is 6.04 Å². The number of ether oxygens (including phenoxy) is 2. The monoisotopic (exact) mass is 223 g/mol. The summed E-state index contributed by atoms with van der Waals surface area (Å²) >= 11 is 0. The van der Waals surface area contributed by atoms with E-state index in [2.05, 4.69) is 0 Å². The Morgan fingerprint density at radius 1 is 1.44 bits per heavy atom. The standard InChI is InChI=1S/C11H13NO4/c1-6(10(12)11(13)14)7-2-3-8-9(4-7)16-5-15-8/h2-4,6,10H,5,12H2,1H3,(H,13,14). The predicted octanol–water partition coefficient (Wildman–Crippen LogP) is 0.931. The molecule has 1 aliphatic heterocycles. The Bertz CT molecular complexity index is 418. The topological polar surface area (TPSA) is 81.8 Å². The molecule has 0 saturated carbocycles. The van der Waals surface area contributed by atoms with Crippen LogP contribution in [0.3, 0.4) is 0 Å². The van der Waals surface area contributed by atoms with Gasteiger partial charge in [0, 0.05) is 5.92 Å². The largest absolute Gasteiger partial charge is 0.480 e. The van der Waals surface area contributed by atoms with Gasteiger partial charge in [0.25, 0.3) is 0 Å². The third-order valence-electron chi connectivity index (χ3n) is 2.75. The average Bonchev–Trinajstić information content (AvgIpc) is 2.73. The lowest BCUT2D eigenvalue weighted by Crippen LogP contribution is -2.35. The Morgan fingerprint density at radius 3 is 2.81 bits per heavy atom. The maximum atomic E-state index is 10.8. The molecule has 5 nitrogen and oxygen atoms in total. The number of nitrogens with two attached hydrogens (primary N) is 1. The van der Waals surface area contributed by atoms with Gasteiger partial charge in [0.15, 0.2) is 11.5 Å². The van der Waals surface area contributed by atoms with E-state index in [9.17, 15) is 4.79 Å². The van der Waals surface area contributed by atoms with Crippen LogP contribution >= 0.6 is 0 Å². The first-order valence-electron chi connectivity index (χ1n) is 4.97. The van der Waals surface area contributed by atoms with Crippen molar-refractivity contribution in [2.75, 3.05) is 6.79 Å². The molecular weight excluding hydrogens is 210 g/mol. The SMILES string of the molecule is CC(c1ccc2c(c1)OCO2)C(N)C(=O)O. The molecule has 0 amide bonds. The van der Waals surface area contributed by atoms with E-state index in [-0.39, 0.29) is 12.7 Å². The molecular formula is C11H13NO4. The first kappa shape index (κ1) is 10.8. The Morgan fingerprint density at radius 2 is 2.12 bits per heavy atom. The van der Waals surface area contributed by atoms with Crippen LogP contribution in [0.2, 0.25) is 0 Å². The van der Waals surface area contributed by atoms with Crippen molar-refractivity contribution in [2.24, 2.45) is 5.73 Å². The highest BCUT2D eigenvalue weighted by Gasteiger charge is 2.23. The lowest BCUT2D eigenvalue weighted by Gasteiger charge is -2.16. The molecule has 0 aliphatic carbocycles. The number of carbonyl (C=O) groups is 1. The van der Waals surface area contributed by atoms with E-state index in [1.807, 2.05) is 0 Å². The van der Waals surface area contributed by atoms with E-state index in [4.69, 9.17) is 20.3 Å². The van der Waals surface area contributed by atoms with Crippen molar-refractivity contribution in [3.05, 3.63) is 23.8 Å². The summed E-state index contributed by atoms with van der Waals surface area (Å²) in [7, 11) is 0. The number of hydrogen-bond acceptors (Lipinski definition) is 4. The zero-order chi connectivity index (χ0) is 11.7. The Labute approximate surface area is 92.8 Å². The molecule has 0 aromatic heterocycles. The summed E-state index contributed by atoms with van der Waals surface area (Å²) in [5.74, 6) is 0.0407. The third-order valence-corrected chi connectivity index (χ3v) is 2.75. The summed E-state index contributed by atoms with van der Waals surface area (Å²) in [5.41, 5.74) is 6.40. The summed E-state index contributed by atoms with van der Waals surface area (Å²) in [5, 5.41) is 8.83. The number of carboxylic acid groups (broad SMARTS) is 1. The van der Waals surface area contributed by atoms with Crippen LogP contribution in [0.1, 0.15) is 18.4 Å². The molecule has 0 saturated heterocycles. The van der Waals surface area contributed by atoms with Gasteiger partial charge in [-0.2, -0.15) is 0 Å². The predicted molar refractivity (Wildman–Crippen MR) is 56.6 cm³/mol. The van der Waals surface area contributed by atoms with Crippen LogP contribution < -0.4 is 15.2 Å². The van der Waals surface area contributed by atoms with Crippen molar-refractivity contribution >= 4 is 5.97 Å². The fraction of sp³-hybridized carbons (Fsp3) is 0.364. The Balaban J connectivity index is 2.24.